The number of hydrogen-bond acceptors (Lipinski definition) is 6. The van der Waals surface area contributed by atoms with Crippen LogP contribution in [0.25, 0.3) is 10.2 Å². The molecule has 1 aliphatic carbocycles. The minimum Gasteiger partial charge on any atom is -0.353 e. The van der Waals surface area contributed by atoms with Crippen LogP contribution < -0.4 is 4.90 Å². The molecule has 2 aromatic heterocycles. The van der Waals surface area contributed by atoms with E-state index in [0.29, 0.717) is 42.9 Å². The molecule has 0 bridgehead atoms. The number of piperazine rings is 1. The van der Waals surface area contributed by atoms with Gasteiger partial charge in [0.1, 0.15) is 16.5 Å². The van der Waals surface area contributed by atoms with E-state index in [1.54, 1.807) is 16.4 Å². The Morgan fingerprint density at radius 1 is 1.12 bits per heavy atom. The van der Waals surface area contributed by atoms with Gasteiger partial charge in [-0.15, -0.1) is 11.3 Å². The zero-order chi connectivity index (χ0) is 24.0. The van der Waals surface area contributed by atoms with Crippen molar-refractivity contribution < 1.29 is 8.42 Å². The summed E-state index contributed by atoms with van der Waals surface area (Å²) < 4.78 is 28.0. The van der Waals surface area contributed by atoms with Crippen molar-refractivity contribution in [1.29, 1.82) is 0 Å². The highest BCUT2D eigenvalue weighted by Gasteiger charge is 2.32. The third-order valence-corrected chi connectivity index (χ3v) is 10.5. The topological polar surface area (TPSA) is 66.4 Å². The molecular formula is C26H34N4O2S2. The first-order valence-electron chi connectivity index (χ1n) is 12.4. The van der Waals surface area contributed by atoms with Gasteiger partial charge in [-0.25, -0.2) is 18.4 Å². The average molecular weight is 499 g/mol. The molecule has 3 heterocycles. The molecule has 0 spiro atoms. The van der Waals surface area contributed by atoms with Crippen LogP contribution in [0.3, 0.4) is 0 Å². The van der Waals surface area contributed by atoms with E-state index >= 15 is 0 Å². The molecular weight excluding hydrogens is 464 g/mol. The summed E-state index contributed by atoms with van der Waals surface area (Å²) in [4.78, 5) is 15.3. The van der Waals surface area contributed by atoms with Crippen LogP contribution in [0.15, 0.2) is 29.2 Å². The largest absolute Gasteiger partial charge is 0.353 e. The summed E-state index contributed by atoms with van der Waals surface area (Å²) >= 11 is 1.84. The maximum atomic E-state index is 13.2. The summed E-state index contributed by atoms with van der Waals surface area (Å²) in [5.74, 6) is 2.93. The molecule has 1 fully saturated rings. The summed E-state index contributed by atoms with van der Waals surface area (Å²) in [6.45, 7) is 10.9. The molecule has 6 nitrogen and oxygen atoms in total. The molecule has 0 saturated carbocycles. The van der Waals surface area contributed by atoms with Gasteiger partial charge in [0.05, 0.1) is 10.3 Å². The Morgan fingerprint density at radius 2 is 1.82 bits per heavy atom. The van der Waals surface area contributed by atoms with Crippen molar-refractivity contribution in [1.82, 2.24) is 14.3 Å². The first-order chi connectivity index (χ1) is 16.3. The fraction of sp³-hybridized carbons (Fsp3) is 0.538. The van der Waals surface area contributed by atoms with E-state index in [4.69, 9.17) is 9.97 Å². The number of thiophene rings is 1. The number of fused-ring (bicyclic) bond motifs is 3. The Bertz CT molecular complexity index is 1290. The molecule has 0 amide bonds. The first-order valence-corrected chi connectivity index (χ1v) is 14.7. The number of rotatable bonds is 5. The molecule has 34 heavy (non-hydrogen) atoms. The van der Waals surface area contributed by atoms with Crippen molar-refractivity contribution in [2.75, 3.05) is 31.1 Å². The van der Waals surface area contributed by atoms with Crippen molar-refractivity contribution in [3.8, 4) is 0 Å². The molecule has 8 heteroatoms. The van der Waals surface area contributed by atoms with E-state index in [1.165, 1.54) is 22.2 Å². The zero-order valence-electron chi connectivity index (χ0n) is 20.5. The third-order valence-electron chi connectivity index (χ3n) is 7.40. The second-order valence-corrected chi connectivity index (χ2v) is 13.0. The van der Waals surface area contributed by atoms with Gasteiger partial charge in [0.15, 0.2) is 0 Å². The van der Waals surface area contributed by atoms with Crippen molar-refractivity contribution in [3.05, 3.63) is 46.1 Å². The summed E-state index contributed by atoms with van der Waals surface area (Å²) in [6.07, 6.45) is 4.40. The Morgan fingerprint density at radius 3 is 2.50 bits per heavy atom. The third kappa shape index (κ3) is 4.25. The number of hydrogen-bond donors (Lipinski definition) is 0. The van der Waals surface area contributed by atoms with Crippen LogP contribution in [0, 0.1) is 12.8 Å². The van der Waals surface area contributed by atoms with Crippen molar-refractivity contribution in [2.45, 2.75) is 64.2 Å². The van der Waals surface area contributed by atoms with E-state index in [-0.39, 0.29) is 0 Å². The minimum absolute atomic E-state index is 0.296. The second kappa shape index (κ2) is 9.21. The Balaban J connectivity index is 1.47. The second-order valence-electron chi connectivity index (χ2n) is 9.95. The van der Waals surface area contributed by atoms with Crippen molar-refractivity contribution in [2.24, 2.45) is 5.92 Å². The SMILES string of the molecule is CCC(C)c1nc(N2CCN(S(=O)(=O)c3ccc(C)cc3)CC2)c2c3c(sc2n1)CC(C)CC3. The fourth-order valence-corrected chi connectivity index (χ4v) is 7.78. The van der Waals surface area contributed by atoms with Gasteiger partial charge in [-0.2, -0.15) is 4.31 Å². The van der Waals surface area contributed by atoms with Gasteiger partial charge in [0.25, 0.3) is 0 Å². The maximum Gasteiger partial charge on any atom is 0.243 e. The molecule has 1 aromatic carbocycles. The summed E-state index contributed by atoms with van der Waals surface area (Å²) in [5, 5.41) is 1.22. The maximum absolute atomic E-state index is 13.2. The fourth-order valence-electron chi connectivity index (χ4n) is 4.97. The number of benzene rings is 1. The standard InChI is InChI=1S/C26H34N4O2S2/c1-5-19(4)24-27-25(23-21-11-8-18(3)16-22(21)33-26(23)28-24)29-12-14-30(15-13-29)34(31,32)20-9-6-17(2)7-10-20/h6-7,9-10,18-19H,5,8,11-16H2,1-4H3. The minimum atomic E-state index is -3.49. The molecule has 182 valence electrons. The number of aromatic nitrogens is 2. The van der Waals surface area contributed by atoms with Crippen LogP contribution >= 0.6 is 11.3 Å². The molecule has 1 aliphatic heterocycles. The predicted octanol–water partition coefficient (Wildman–Crippen LogP) is 5.15. The first kappa shape index (κ1) is 23.7. The normalized spacial score (nSPS) is 20.5. The molecule has 2 aliphatic rings. The van der Waals surface area contributed by atoms with Gasteiger partial charge >= 0.3 is 0 Å². The van der Waals surface area contributed by atoms with Gasteiger partial charge in [-0.3, -0.25) is 0 Å². The van der Waals surface area contributed by atoms with E-state index in [9.17, 15) is 8.42 Å². The quantitative estimate of drug-likeness (QED) is 0.487. The number of nitrogens with zero attached hydrogens (tertiary/aromatic N) is 4. The Hall–Kier alpha value is -2.03. The highest BCUT2D eigenvalue weighted by molar-refractivity contribution is 7.89. The Labute approximate surface area is 207 Å². The lowest BCUT2D eigenvalue weighted by atomic mass is 9.89. The number of aryl methyl sites for hydroxylation is 2. The van der Waals surface area contributed by atoms with Crippen LogP contribution in [0.4, 0.5) is 5.82 Å². The van der Waals surface area contributed by atoms with Gasteiger partial charge in [0.2, 0.25) is 10.0 Å². The van der Waals surface area contributed by atoms with Gasteiger partial charge in [-0.05, 0) is 56.2 Å². The molecule has 1 saturated heterocycles. The summed E-state index contributed by atoms with van der Waals surface area (Å²) in [7, 11) is -3.49. The summed E-state index contributed by atoms with van der Waals surface area (Å²) in [5.41, 5.74) is 2.49. The molecule has 3 aromatic rings. The summed E-state index contributed by atoms with van der Waals surface area (Å²) in [6, 6.07) is 7.14. The predicted molar refractivity (Wildman–Crippen MR) is 139 cm³/mol. The smallest absolute Gasteiger partial charge is 0.243 e. The highest BCUT2D eigenvalue weighted by Crippen LogP contribution is 2.42. The van der Waals surface area contributed by atoms with E-state index in [2.05, 4.69) is 25.7 Å². The molecule has 2 unspecified atom stereocenters. The number of anilines is 1. The van der Waals surface area contributed by atoms with Gasteiger partial charge < -0.3 is 4.90 Å². The van der Waals surface area contributed by atoms with E-state index in [1.807, 2.05) is 30.4 Å². The van der Waals surface area contributed by atoms with Gasteiger partial charge in [-0.1, -0.05) is 38.5 Å². The van der Waals surface area contributed by atoms with Crippen molar-refractivity contribution >= 4 is 37.4 Å². The molecule has 5 rings (SSSR count). The zero-order valence-corrected chi connectivity index (χ0v) is 22.2. The average Bonchev–Trinajstić information content (AvgIpc) is 3.20. The number of sulfonamides is 1. The van der Waals surface area contributed by atoms with Gasteiger partial charge in [0, 0.05) is 37.0 Å². The van der Waals surface area contributed by atoms with Crippen LogP contribution in [-0.2, 0) is 22.9 Å². The Kier molecular flexibility index (Phi) is 6.42. The highest BCUT2D eigenvalue weighted by atomic mass is 32.2. The van der Waals surface area contributed by atoms with E-state index < -0.39 is 10.0 Å². The molecule has 2 atom stereocenters. The van der Waals surface area contributed by atoms with Crippen molar-refractivity contribution in [3.63, 3.8) is 0 Å². The lowest BCUT2D eigenvalue weighted by molar-refractivity contribution is 0.384. The molecule has 0 radical (unpaired) electrons. The van der Waals surface area contributed by atoms with Crippen LogP contribution in [0.5, 0.6) is 0 Å². The monoisotopic (exact) mass is 498 g/mol. The van der Waals surface area contributed by atoms with Crippen LogP contribution in [0.2, 0.25) is 0 Å². The lowest BCUT2D eigenvalue weighted by Crippen LogP contribution is -2.49. The lowest BCUT2D eigenvalue weighted by Gasteiger charge is -2.35. The van der Waals surface area contributed by atoms with E-state index in [0.717, 1.165) is 41.3 Å². The van der Waals surface area contributed by atoms with Crippen LogP contribution in [-0.4, -0.2) is 48.9 Å². The molecule has 0 N–H and O–H groups in total. The van der Waals surface area contributed by atoms with Crippen LogP contribution in [0.1, 0.15) is 61.4 Å².